The van der Waals surface area contributed by atoms with E-state index in [0.29, 0.717) is 28.6 Å². The van der Waals surface area contributed by atoms with Crippen molar-refractivity contribution in [2.45, 2.75) is 20.8 Å². The number of aromatic nitrogens is 2. The predicted octanol–water partition coefficient (Wildman–Crippen LogP) is 3.57. The Morgan fingerprint density at radius 3 is 2.57 bits per heavy atom. The fraction of sp³-hybridized carbons (Fsp3) is 0.263. The average molecular weight is 385 g/mol. The summed E-state index contributed by atoms with van der Waals surface area (Å²) in [6, 6.07) is 7.49. The molecule has 0 unspecified atom stereocenters. The standard InChI is InChI=1S/C19H19N3O6/c1-11-7-15(13(3)21(11)19-8-12(2)28-20-19)16(23)10-27-18-9-14(22(24)25)5-6-17(18)26-4/h5-9H,10H2,1-4H3. The van der Waals surface area contributed by atoms with Gasteiger partial charge in [-0.3, -0.25) is 19.5 Å². The van der Waals surface area contributed by atoms with Crippen LogP contribution in [0.3, 0.4) is 0 Å². The van der Waals surface area contributed by atoms with Gasteiger partial charge >= 0.3 is 0 Å². The molecule has 0 aliphatic heterocycles. The van der Waals surface area contributed by atoms with Gasteiger partial charge in [0.15, 0.2) is 23.9 Å². The lowest BCUT2D eigenvalue weighted by atomic mass is 10.1. The van der Waals surface area contributed by atoms with E-state index in [0.717, 1.165) is 5.69 Å². The number of hydrogen-bond acceptors (Lipinski definition) is 7. The SMILES string of the molecule is COc1ccc([N+](=O)[O-])cc1OCC(=O)c1cc(C)n(-c2cc(C)on2)c1C. The third-order valence-corrected chi connectivity index (χ3v) is 4.29. The van der Waals surface area contributed by atoms with E-state index in [4.69, 9.17) is 14.0 Å². The summed E-state index contributed by atoms with van der Waals surface area (Å²) in [6.07, 6.45) is 0. The van der Waals surface area contributed by atoms with Gasteiger partial charge in [-0.2, -0.15) is 0 Å². The molecule has 0 bridgehead atoms. The van der Waals surface area contributed by atoms with Crippen LogP contribution in [0, 0.1) is 30.9 Å². The first-order valence-electron chi connectivity index (χ1n) is 8.43. The smallest absolute Gasteiger partial charge is 0.273 e. The molecule has 9 heteroatoms. The Hall–Kier alpha value is -3.62. The van der Waals surface area contributed by atoms with Crippen LogP contribution in [0.15, 0.2) is 34.9 Å². The van der Waals surface area contributed by atoms with Crippen molar-refractivity contribution in [1.29, 1.82) is 0 Å². The van der Waals surface area contributed by atoms with E-state index < -0.39 is 4.92 Å². The van der Waals surface area contributed by atoms with Crippen molar-refractivity contribution in [3.8, 4) is 17.3 Å². The molecule has 3 rings (SSSR count). The minimum Gasteiger partial charge on any atom is -0.493 e. The van der Waals surface area contributed by atoms with Gasteiger partial charge < -0.3 is 14.0 Å². The van der Waals surface area contributed by atoms with Crippen LogP contribution >= 0.6 is 0 Å². The van der Waals surface area contributed by atoms with Crippen LogP contribution in [-0.4, -0.2) is 34.1 Å². The zero-order chi connectivity index (χ0) is 20.4. The molecule has 2 aromatic heterocycles. The predicted molar refractivity (Wildman–Crippen MR) is 99.5 cm³/mol. The molecule has 0 N–H and O–H groups in total. The van der Waals surface area contributed by atoms with Crippen molar-refractivity contribution in [3.05, 3.63) is 63.2 Å². The van der Waals surface area contributed by atoms with Gasteiger partial charge in [0.1, 0.15) is 5.76 Å². The summed E-state index contributed by atoms with van der Waals surface area (Å²) in [5.74, 6) is 1.42. The fourth-order valence-electron chi connectivity index (χ4n) is 2.97. The van der Waals surface area contributed by atoms with Crippen LogP contribution in [0.25, 0.3) is 5.82 Å². The van der Waals surface area contributed by atoms with Crippen LogP contribution in [-0.2, 0) is 0 Å². The summed E-state index contributed by atoms with van der Waals surface area (Å²) in [5, 5.41) is 14.9. The first-order chi connectivity index (χ1) is 13.3. The van der Waals surface area contributed by atoms with Crippen LogP contribution in [0.1, 0.15) is 27.5 Å². The van der Waals surface area contributed by atoms with Crippen molar-refractivity contribution in [2.75, 3.05) is 13.7 Å². The van der Waals surface area contributed by atoms with Gasteiger partial charge in [0.25, 0.3) is 5.69 Å². The molecule has 146 valence electrons. The topological polar surface area (TPSA) is 110 Å². The quantitative estimate of drug-likeness (QED) is 0.347. The summed E-state index contributed by atoms with van der Waals surface area (Å²) in [4.78, 5) is 23.1. The average Bonchev–Trinajstić information content (AvgIpc) is 3.21. The number of benzene rings is 1. The number of hydrogen-bond donors (Lipinski definition) is 0. The molecule has 9 nitrogen and oxygen atoms in total. The number of non-ortho nitro benzene ring substituents is 1. The first kappa shape index (κ1) is 19.2. The summed E-state index contributed by atoms with van der Waals surface area (Å²) in [6.45, 7) is 5.16. The van der Waals surface area contributed by atoms with Crippen LogP contribution in [0.5, 0.6) is 11.5 Å². The molecule has 0 amide bonds. The number of methoxy groups -OCH3 is 1. The second-order valence-electron chi connectivity index (χ2n) is 6.22. The molecular formula is C19H19N3O6. The Kier molecular flexibility index (Phi) is 5.16. The number of aryl methyl sites for hydroxylation is 2. The van der Waals surface area contributed by atoms with Crippen molar-refractivity contribution >= 4 is 11.5 Å². The maximum Gasteiger partial charge on any atom is 0.273 e. The molecule has 0 aliphatic rings. The van der Waals surface area contributed by atoms with Gasteiger partial charge in [-0.05, 0) is 32.9 Å². The number of carbonyl (C=O) groups is 1. The number of nitro benzene ring substituents is 1. The van der Waals surface area contributed by atoms with E-state index >= 15 is 0 Å². The summed E-state index contributed by atoms with van der Waals surface area (Å²) in [5.41, 5.74) is 1.85. The Balaban J connectivity index is 1.83. The second-order valence-corrected chi connectivity index (χ2v) is 6.22. The maximum atomic E-state index is 12.7. The van der Waals surface area contributed by atoms with Gasteiger partial charge in [0.05, 0.1) is 18.1 Å². The van der Waals surface area contributed by atoms with Gasteiger partial charge in [-0.15, -0.1) is 0 Å². The number of rotatable bonds is 7. The number of Topliss-reactive ketones (excluding diaryl/α,β-unsaturated/α-hetero) is 1. The molecule has 3 aromatic rings. The summed E-state index contributed by atoms with van der Waals surface area (Å²) >= 11 is 0. The molecule has 0 spiro atoms. The van der Waals surface area contributed by atoms with E-state index in [1.54, 1.807) is 26.0 Å². The van der Waals surface area contributed by atoms with Crippen molar-refractivity contribution in [1.82, 2.24) is 9.72 Å². The molecule has 0 saturated carbocycles. The number of ketones is 1. The zero-order valence-electron chi connectivity index (χ0n) is 15.9. The Labute approximate surface area is 160 Å². The molecular weight excluding hydrogens is 366 g/mol. The Bertz CT molecular complexity index is 1050. The highest BCUT2D eigenvalue weighted by Gasteiger charge is 2.20. The molecule has 0 aliphatic carbocycles. The molecule has 1 aromatic carbocycles. The second kappa shape index (κ2) is 7.55. The van der Waals surface area contributed by atoms with Crippen molar-refractivity contribution in [2.24, 2.45) is 0 Å². The van der Waals surface area contributed by atoms with E-state index in [-0.39, 0.29) is 23.8 Å². The molecule has 28 heavy (non-hydrogen) atoms. The normalized spacial score (nSPS) is 10.7. The lowest BCUT2D eigenvalue weighted by Gasteiger charge is -2.10. The van der Waals surface area contributed by atoms with Gasteiger partial charge in [0, 0.05) is 29.1 Å². The highest BCUT2D eigenvalue weighted by Crippen LogP contribution is 2.31. The number of nitrogens with zero attached hydrogens (tertiary/aromatic N) is 3. The van der Waals surface area contributed by atoms with Crippen molar-refractivity contribution in [3.63, 3.8) is 0 Å². The van der Waals surface area contributed by atoms with E-state index in [2.05, 4.69) is 5.16 Å². The lowest BCUT2D eigenvalue weighted by Crippen LogP contribution is -2.13. The Morgan fingerprint density at radius 1 is 1.21 bits per heavy atom. The third-order valence-electron chi connectivity index (χ3n) is 4.29. The number of nitro groups is 1. The zero-order valence-corrected chi connectivity index (χ0v) is 15.9. The van der Waals surface area contributed by atoms with Crippen LogP contribution in [0.2, 0.25) is 0 Å². The van der Waals surface area contributed by atoms with E-state index in [9.17, 15) is 14.9 Å². The fourth-order valence-corrected chi connectivity index (χ4v) is 2.97. The summed E-state index contributed by atoms with van der Waals surface area (Å²) in [7, 11) is 1.42. The molecule has 0 saturated heterocycles. The highest BCUT2D eigenvalue weighted by molar-refractivity contribution is 5.98. The van der Waals surface area contributed by atoms with Crippen LogP contribution in [0.4, 0.5) is 5.69 Å². The first-order valence-corrected chi connectivity index (χ1v) is 8.43. The molecule has 0 fully saturated rings. The Morgan fingerprint density at radius 2 is 1.96 bits per heavy atom. The monoisotopic (exact) mass is 385 g/mol. The van der Waals surface area contributed by atoms with E-state index in [1.807, 2.05) is 11.5 Å². The molecule has 2 heterocycles. The minimum absolute atomic E-state index is 0.131. The number of ether oxygens (including phenoxy) is 2. The third kappa shape index (κ3) is 3.59. The number of carbonyl (C=O) groups excluding carboxylic acids is 1. The highest BCUT2D eigenvalue weighted by atomic mass is 16.6. The van der Waals surface area contributed by atoms with Crippen LogP contribution < -0.4 is 9.47 Å². The van der Waals surface area contributed by atoms with Gasteiger partial charge in [0.2, 0.25) is 5.78 Å². The minimum atomic E-state index is -0.540. The summed E-state index contributed by atoms with van der Waals surface area (Å²) < 4.78 is 17.6. The largest absolute Gasteiger partial charge is 0.493 e. The molecule has 0 atom stereocenters. The molecule has 0 radical (unpaired) electrons. The lowest BCUT2D eigenvalue weighted by molar-refractivity contribution is -0.385. The van der Waals surface area contributed by atoms with Gasteiger partial charge in [-0.1, -0.05) is 5.16 Å². The van der Waals surface area contributed by atoms with Gasteiger partial charge in [-0.25, -0.2) is 0 Å². The maximum absolute atomic E-state index is 12.7. The van der Waals surface area contributed by atoms with E-state index in [1.165, 1.54) is 25.3 Å². The van der Waals surface area contributed by atoms with Crippen molar-refractivity contribution < 1.29 is 23.7 Å².